The maximum atomic E-state index is 12.4. The van der Waals surface area contributed by atoms with Crippen molar-refractivity contribution in [1.82, 2.24) is 16.0 Å². The molecule has 7 heteroatoms. The Bertz CT molecular complexity index is 742. The van der Waals surface area contributed by atoms with E-state index in [-0.39, 0.29) is 18.0 Å². The third kappa shape index (κ3) is 5.28. The van der Waals surface area contributed by atoms with E-state index in [1.54, 1.807) is 24.3 Å². The maximum absolute atomic E-state index is 12.4. The van der Waals surface area contributed by atoms with Crippen LogP contribution in [0.4, 0.5) is 0 Å². The molecule has 1 heterocycles. The third-order valence-corrected chi connectivity index (χ3v) is 5.01. The van der Waals surface area contributed by atoms with Gasteiger partial charge in [0.05, 0.1) is 12.2 Å². The number of benzene rings is 2. The predicted octanol–water partition coefficient (Wildman–Crippen LogP) is 1.09. The van der Waals surface area contributed by atoms with E-state index in [1.165, 1.54) is 0 Å². The molecule has 0 bridgehead atoms. The van der Waals surface area contributed by atoms with E-state index >= 15 is 0 Å². The number of aliphatic hydroxyl groups is 2. The highest BCUT2D eigenvalue weighted by atomic mass is 35.5. The molecule has 0 unspecified atom stereocenters. The number of β-amino-alcohol motifs (C(OH)–C–C–N with tert-alkyl or cyclic N) is 1. The first kappa shape index (κ1) is 19.8. The molecule has 0 saturated carbocycles. The van der Waals surface area contributed by atoms with E-state index in [4.69, 9.17) is 11.6 Å². The number of nitrogens with one attached hydrogen (secondary N) is 3. The SMILES string of the molecule is O=C(NC[C@H](NC[C@H]1NC[C@H](O)[C@@H]1O)c1ccccc1)c1ccc(Cl)cc1. The molecule has 1 fully saturated rings. The molecule has 27 heavy (non-hydrogen) atoms. The number of hydrogen-bond acceptors (Lipinski definition) is 5. The summed E-state index contributed by atoms with van der Waals surface area (Å²) in [4.78, 5) is 12.4. The minimum atomic E-state index is -0.808. The van der Waals surface area contributed by atoms with Crippen LogP contribution in [0, 0.1) is 0 Å². The van der Waals surface area contributed by atoms with E-state index in [0.29, 0.717) is 30.2 Å². The lowest BCUT2D eigenvalue weighted by molar-refractivity contribution is 0.0403. The number of hydrogen-bond donors (Lipinski definition) is 5. The Morgan fingerprint density at radius 1 is 1.15 bits per heavy atom. The summed E-state index contributed by atoms with van der Waals surface area (Å²) in [6.45, 7) is 1.22. The van der Waals surface area contributed by atoms with Crippen LogP contribution in [-0.2, 0) is 0 Å². The monoisotopic (exact) mass is 389 g/mol. The van der Waals surface area contributed by atoms with Crippen molar-refractivity contribution in [2.24, 2.45) is 0 Å². The molecule has 0 spiro atoms. The van der Waals surface area contributed by atoms with Gasteiger partial charge in [-0.05, 0) is 29.8 Å². The third-order valence-electron chi connectivity index (χ3n) is 4.75. The summed E-state index contributed by atoms with van der Waals surface area (Å²) in [6, 6.07) is 16.2. The molecule has 5 N–H and O–H groups in total. The second-order valence-electron chi connectivity index (χ2n) is 6.66. The molecule has 144 valence electrons. The van der Waals surface area contributed by atoms with Gasteiger partial charge in [-0.1, -0.05) is 41.9 Å². The standard InChI is InChI=1S/C20H24ClN3O3/c21-15-8-6-14(7-9-15)20(27)24-10-16(13-4-2-1-3-5-13)22-11-17-19(26)18(25)12-23-17/h1-9,16-19,22-23,25-26H,10-12H2,(H,24,27)/t16-,17+,18-,19+/m0/s1. The fourth-order valence-electron chi connectivity index (χ4n) is 3.14. The Kier molecular flexibility index (Phi) is 6.82. The molecule has 6 nitrogen and oxygen atoms in total. The zero-order valence-corrected chi connectivity index (χ0v) is 15.6. The molecule has 0 aliphatic carbocycles. The minimum absolute atomic E-state index is 0.130. The first-order valence-electron chi connectivity index (χ1n) is 8.96. The first-order chi connectivity index (χ1) is 13.0. The maximum Gasteiger partial charge on any atom is 0.251 e. The molecule has 3 rings (SSSR count). The second kappa shape index (κ2) is 9.30. The number of halogens is 1. The lowest BCUT2D eigenvalue weighted by Crippen LogP contribution is -2.45. The van der Waals surface area contributed by atoms with Crippen LogP contribution in [0.3, 0.4) is 0 Å². The van der Waals surface area contributed by atoms with Gasteiger partial charge in [-0.25, -0.2) is 0 Å². The van der Waals surface area contributed by atoms with Gasteiger partial charge in [-0.15, -0.1) is 0 Å². The van der Waals surface area contributed by atoms with Crippen LogP contribution in [0.2, 0.25) is 5.02 Å². The van der Waals surface area contributed by atoms with Gasteiger partial charge in [0.2, 0.25) is 0 Å². The molecule has 0 aromatic heterocycles. The zero-order chi connectivity index (χ0) is 19.2. The lowest BCUT2D eigenvalue weighted by Gasteiger charge is -2.23. The quantitative estimate of drug-likeness (QED) is 0.489. The average molecular weight is 390 g/mol. The topological polar surface area (TPSA) is 93.6 Å². The fourth-order valence-corrected chi connectivity index (χ4v) is 3.26. The molecule has 4 atom stereocenters. The van der Waals surface area contributed by atoms with Crippen LogP contribution in [0.5, 0.6) is 0 Å². The smallest absolute Gasteiger partial charge is 0.251 e. The van der Waals surface area contributed by atoms with Gasteiger partial charge in [0.15, 0.2) is 0 Å². The van der Waals surface area contributed by atoms with Gasteiger partial charge in [-0.2, -0.15) is 0 Å². The van der Waals surface area contributed by atoms with Crippen LogP contribution < -0.4 is 16.0 Å². The Labute approximate surface area is 163 Å². The molecule has 1 amide bonds. The Morgan fingerprint density at radius 3 is 2.48 bits per heavy atom. The van der Waals surface area contributed by atoms with Gasteiger partial charge >= 0.3 is 0 Å². The van der Waals surface area contributed by atoms with E-state index < -0.39 is 12.2 Å². The number of carbonyl (C=O) groups is 1. The molecule has 2 aromatic rings. The summed E-state index contributed by atoms with van der Waals surface area (Å²) in [7, 11) is 0. The molecular weight excluding hydrogens is 366 g/mol. The molecular formula is C20H24ClN3O3. The average Bonchev–Trinajstić information content (AvgIpc) is 3.01. The number of rotatable bonds is 7. The van der Waals surface area contributed by atoms with Gasteiger partial charge in [-0.3, -0.25) is 4.79 Å². The van der Waals surface area contributed by atoms with Crippen LogP contribution in [0.15, 0.2) is 54.6 Å². The van der Waals surface area contributed by atoms with E-state index in [2.05, 4.69) is 16.0 Å². The summed E-state index contributed by atoms with van der Waals surface area (Å²) in [5.74, 6) is -0.177. The van der Waals surface area contributed by atoms with Crippen LogP contribution in [0.1, 0.15) is 22.0 Å². The van der Waals surface area contributed by atoms with Crippen molar-refractivity contribution in [3.05, 3.63) is 70.7 Å². The summed E-state index contributed by atoms with van der Waals surface area (Å²) >= 11 is 5.86. The largest absolute Gasteiger partial charge is 0.389 e. The normalized spacial score (nSPS) is 23.1. The Balaban J connectivity index is 1.62. The summed E-state index contributed by atoms with van der Waals surface area (Å²) in [6.07, 6.45) is -1.56. The Hall–Kier alpha value is -1.96. The van der Waals surface area contributed by atoms with Gasteiger partial charge in [0.1, 0.15) is 0 Å². The van der Waals surface area contributed by atoms with Crippen LogP contribution in [0.25, 0.3) is 0 Å². The second-order valence-corrected chi connectivity index (χ2v) is 7.10. The highest BCUT2D eigenvalue weighted by molar-refractivity contribution is 6.30. The van der Waals surface area contributed by atoms with Crippen molar-refractivity contribution < 1.29 is 15.0 Å². The van der Waals surface area contributed by atoms with E-state index in [9.17, 15) is 15.0 Å². The summed E-state index contributed by atoms with van der Waals surface area (Å²) in [5.41, 5.74) is 1.57. The zero-order valence-electron chi connectivity index (χ0n) is 14.8. The number of amides is 1. The lowest BCUT2D eigenvalue weighted by atomic mass is 10.1. The van der Waals surface area contributed by atoms with Crippen molar-refractivity contribution in [3.63, 3.8) is 0 Å². The number of carbonyl (C=O) groups excluding carboxylic acids is 1. The first-order valence-corrected chi connectivity index (χ1v) is 9.34. The van der Waals surface area contributed by atoms with Gasteiger partial charge in [0.25, 0.3) is 5.91 Å². The van der Waals surface area contributed by atoms with E-state index in [1.807, 2.05) is 30.3 Å². The highest BCUT2D eigenvalue weighted by Gasteiger charge is 2.33. The van der Waals surface area contributed by atoms with Gasteiger partial charge < -0.3 is 26.2 Å². The van der Waals surface area contributed by atoms with Crippen LogP contribution >= 0.6 is 11.6 Å². The summed E-state index contributed by atoms with van der Waals surface area (Å²) in [5, 5.41) is 29.7. The van der Waals surface area contributed by atoms with Crippen molar-refractivity contribution >= 4 is 17.5 Å². The van der Waals surface area contributed by atoms with Crippen molar-refractivity contribution in [2.75, 3.05) is 19.6 Å². The molecule has 1 aliphatic rings. The van der Waals surface area contributed by atoms with Crippen molar-refractivity contribution in [3.8, 4) is 0 Å². The predicted molar refractivity (Wildman–Crippen MR) is 105 cm³/mol. The van der Waals surface area contributed by atoms with Crippen molar-refractivity contribution in [1.29, 1.82) is 0 Å². The molecule has 0 radical (unpaired) electrons. The van der Waals surface area contributed by atoms with Crippen LogP contribution in [-0.4, -0.2) is 54.0 Å². The molecule has 1 aliphatic heterocycles. The fraction of sp³-hybridized carbons (Fsp3) is 0.350. The minimum Gasteiger partial charge on any atom is -0.389 e. The highest BCUT2D eigenvalue weighted by Crippen LogP contribution is 2.14. The Morgan fingerprint density at radius 2 is 1.85 bits per heavy atom. The molecule has 2 aromatic carbocycles. The van der Waals surface area contributed by atoms with Crippen molar-refractivity contribution in [2.45, 2.75) is 24.3 Å². The molecule has 1 saturated heterocycles. The number of aliphatic hydroxyl groups excluding tert-OH is 2. The van der Waals surface area contributed by atoms with E-state index in [0.717, 1.165) is 5.56 Å². The van der Waals surface area contributed by atoms with Gasteiger partial charge in [0, 0.05) is 42.3 Å². The summed E-state index contributed by atoms with van der Waals surface area (Å²) < 4.78 is 0.